The van der Waals surface area contributed by atoms with E-state index in [0.29, 0.717) is 10.8 Å². The number of hydrogen-bond donors (Lipinski definition) is 0. The van der Waals surface area contributed by atoms with Gasteiger partial charge in [-0.2, -0.15) is 0 Å². The summed E-state index contributed by atoms with van der Waals surface area (Å²) in [6.07, 6.45) is 25.8. The average molecular weight is 823 g/mol. The van der Waals surface area contributed by atoms with Crippen molar-refractivity contribution in [2.24, 2.45) is 10.8 Å². The second-order valence-corrected chi connectivity index (χ2v) is 25.8. The maximum atomic E-state index is 10.0. The molecular weight excluding hydrogens is 750 g/mol. The molecule has 0 aromatic heterocycles. The van der Waals surface area contributed by atoms with Crippen molar-refractivity contribution in [3.8, 4) is 0 Å². The van der Waals surface area contributed by atoms with Crippen LogP contribution in [-0.2, 0) is 11.0 Å². The summed E-state index contributed by atoms with van der Waals surface area (Å²) in [5.41, 5.74) is 0.753. The number of unbranched alkanes of at least 4 members (excludes halogenated alkanes) is 14. The Morgan fingerprint density at radius 1 is 0.535 bits per heavy atom. The summed E-state index contributed by atoms with van der Waals surface area (Å²) in [4.78, 5) is 20.1. The van der Waals surface area contributed by atoms with Crippen LogP contribution in [0.25, 0.3) is 0 Å². The van der Waals surface area contributed by atoms with Gasteiger partial charge < -0.3 is 19.8 Å². The van der Waals surface area contributed by atoms with Gasteiger partial charge in [-0.25, -0.2) is 0 Å². The standard InChI is InChI=1S/2C10H20O2.2C8H17.O.2Sn.H/c2*1-10(2,3)8-6-4-5-7-9(11)12;2*1-3-5-7-8-6-4-2;;;;/h2*4-8H2,1-3H3,(H,11,12);2*1,3-8H2,2H3;;;;/q;;;;;;+2;/p-2. The second kappa shape index (κ2) is 33.8. The molecule has 5 nitrogen and oxygen atoms in total. The Hall–Kier alpha value is 0.497. The number of carbonyl (C=O) groups is 2. The number of carboxylic acids is 2. The van der Waals surface area contributed by atoms with Crippen LogP contribution in [0.4, 0.5) is 0 Å². The predicted octanol–water partition coefficient (Wildman–Crippen LogP) is 9.00. The summed E-state index contributed by atoms with van der Waals surface area (Å²) in [6, 6.07) is 0. The first-order valence-electron chi connectivity index (χ1n) is 17.8. The SMILES string of the molecule is CC(C)(C)CCCCCC(=O)[O-].CC(C)(C)CCCCCC(=O)[O-].CCCCCCC[CH2][Sn+2]([CH2]CCCCCCC)[O][SnH]. The molecule has 0 rings (SSSR count). The van der Waals surface area contributed by atoms with Gasteiger partial charge in [-0.1, -0.05) is 67.2 Å². The number of rotatable bonds is 25. The molecule has 0 saturated carbocycles. The second-order valence-electron chi connectivity index (χ2n) is 14.7. The third-order valence-electron chi connectivity index (χ3n) is 7.40. The van der Waals surface area contributed by atoms with Gasteiger partial charge in [-0.05, 0) is 49.4 Å². The van der Waals surface area contributed by atoms with Crippen molar-refractivity contribution < 1.29 is 21.2 Å². The first-order valence-corrected chi connectivity index (χ1v) is 24.3. The summed E-state index contributed by atoms with van der Waals surface area (Å²) in [5.74, 6) is -1.85. The van der Waals surface area contributed by atoms with E-state index in [2.05, 4.69) is 55.4 Å². The number of carbonyl (C=O) groups excluding carboxylic acids is 2. The fourth-order valence-electron chi connectivity index (χ4n) is 4.65. The Morgan fingerprint density at radius 3 is 1.12 bits per heavy atom. The van der Waals surface area contributed by atoms with Crippen LogP contribution in [0.3, 0.4) is 0 Å². The van der Waals surface area contributed by atoms with Gasteiger partial charge in [0.05, 0.1) is 0 Å². The normalized spacial score (nSPS) is 11.5. The Bertz CT molecular complexity index is 549. The van der Waals surface area contributed by atoms with E-state index in [0.717, 1.165) is 61.5 Å². The Kier molecular flexibility index (Phi) is 37.7. The number of aliphatic carboxylic acids is 2. The summed E-state index contributed by atoms with van der Waals surface area (Å²) in [5, 5.41) is 20.1. The predicted molar refractivity (Wildman–Crippen MR) is 185 cm³/mol. The summed E-state index contributed by atoms with van der Waals surface area (Å²) in [7, 11) is 0. The third-order valence-corrected chi connectivity index (χ3v) is 19.9. The van der Waals surface area contributed by atoms with Gasteiger partial charge in [0.1, 0.15) is 0 Å². The molecule has 0 N–H and O–H groups in total. The number of hydrogen-bond acceptors (Lipinski definition) is 5. The molecule has 0 fully saturated rings. The first-order chi connectivity index (χ1) is 20.2. The van der Waals surface area contributed by atoms with Crippen LogP contribution in [0, 0.1) is 10.8 Å². The average Bonchev–Trinajstić information content (AvgIpc) is 2.90. The molecule has 7 heteroatoms. The van der Waals surface area contributed by atoms with E-state index in [1.54, 1.807) is 0 Å². The zero-order chi connectivity index (χ0) is 33.4. The molecule has 0 atom stereocenters. The van der Waals surface area contributed by atoms with Gasteiger partial charge in [0.2, 0.25) is 0 Å². The quantitative estimate of drug-likeness (QED) is 0.0678. The van der Waals surface area contributed by atoms with Gasteiger partial charge in [-0.3, -0.25) is 0 Å². The van der Waals surface area contributed by atoms with Gasteiger partial charge in [0, 0.05) is 11.9 Å². The Labute approximate surface area is 290 Å². The molecule has 43 heavy (non-hydrogen) atoms. The van der Waals surface area contributed by atoms with E-state index in [4.69, 9.17) is 1.41 Å². The van der Waals surface area contributed by atoms with Crippen molar-refractivity contribution >= 4 is 55.1 Å². The summed E-state index contributed by atoms with van der Waals surface area (Å²) >= 11 is -0.274. The molecule has 0 amide bonds. The monoisotopic (exact) mass is 825 g/mol. The molecular formula is C36H73O5Sn2. The molecule has 0 aliphatic rings. The molecule has 0 aliphatic heterocycles. The van der Waals surface area contributed by atoms with Crippen LogP contribution in [-0.4, -0.2) is 55.1 Å². The van der Waals surface area contributed by atoms with Crippen LogP contribution in [0.1, 0.15) is 197 Å². The van der Waals surface area contributed by atoms with Crippen molar-refractivity contribution in [3.63, 3.8) is 0 Å². The van der Waals surface area contributed by atoms with Crippen LogP contribution in [0.2, 0.25) is 8.87 Å². The summed E-state index contributed by atoms with van der Waals surface area (Å²) < 4.78 is 8.94. The molecule has 0 unspecified atom stereocenters. The van der Waals surface area contributed by atoms with Crippen molar-refractivity contribution in [1.29, 1.82) is 0 Å². The minimum absolute atomic E-state index is 0.212. The van der Waals surface area contributed by atoms with Crippen molar-refractivity contribution in [2.75, 3.05) is 0 Å². The Balaban J connectivity index is -0.000000584. The Morgan fingerprint density at radius 2 is 0.837 bits per heavy atom. The van der Waals surface area contributed by atoms with Crippen molar-refractivity contribution in [1.82, 2.24) is 0 Å². The fraction of sp³-hybridized carbons (Fsp3) is 0.944. The first kappa shape index (κ1) is 47.9. The van der Waals surface area contributed by atoms with Crippen LogP contribution < -0.4 is 10.2 Å². The van der Waals surface area contributed by atoms with E-state index in [9.17, 15) is 19.8 Å². The molecule has 0 bridgehead atoms. The van der Waals surface area contributed by atoms with E-state index in [1.165, 1.54) is 98.8 Å². The van der Waals surface area contributed by atoms with Crippen molar-refractivity contribution in [3.05, 3.63) is 0 Å². The molecule has 0 heterocycles. The van der Waals surface area contributed by atoms with Crippen LogP contribution >= 0.6 is 0 Å². The van der Waals surface area contributed by atoms with E-state index in [1.807, 2.05) is 0 Å². The zero-order valence-corrected chi connectivity index (χ0v) is 36.2. The molecule has 0 aliphatic carbocycles. The maximum absolute atomic E-state index is 10.0. The van der Waals surface area contributed by atoms with Gasteiger partial charge in [-0.15, -0.1) is 0 Å². The third kappa shape index (κ3) is 52.3. The molecule has 0 aromatic rings. The van der Waals surface area contributed by atoms with Crippen LogP contribution in [0.5, 0.6) is 0 Å². The molecule has 5 radical (unpaired) electrons. The molecule has 255 valence electrons. The molecule has 0 aromatic carbocycles. The van der Waals surface area contributed by atoms with Gasteiger partial charge in [0.15, 0.2) is 0 Å². The zero-order valence-electron chi connectivity index (χ0n) is 30.1. The topological polar surface area (TPSA) is 89.5 Å². The molecule has 0 saturated heterocycles. The summed E-state index contributed by atoms with van der Waals surface area (Å²) in [6.45, 7) is 17.8. The van der Waals surface area contributed by atoms with Crippen molar-refractivity contribution in [2.45, 2.75) is 206 Å². The van der Waals surface area contributed by atoms with E-state index in [-0.39, 0.29) is 12.8 Å². The van der Waals surface area contributed by atoms with Gasteiger partial charge in [0.25, 0.3) is 0 Å². The van der Waals surface area contributed by atoms with E-state index < -0.39 is 32.1 Å². The van der Waals surface area contributed by atoms with Gasteiger partial charge >= 0.3 is 144 Å². The molecule has 0 spiro atoms. The minimum atomic E-state index is -1.34. The fourth-order valence-corrected chi connectivity index (χ4v) is 14.2. The van der Waals surface area contributed by atoms with Crippen LogP contribution in [0.15, 0.2) is 0 Å². The van der Waals surface area contributed by atoms with E-state index >= 15 is 0 Å². The number of carboxylic acid groups (broad SMARTS) is 2.